The summed E-state index contributed by atoms with van der Waals surface area (Å²) in [5.74, 6) is 0.489. The maximum absolute atomic E-state index is 6.71. The Morgan fingerprint density at radius 3 is 2.35 bits per heavy atom. The minimum atomic E-state index is 0.104. The second-order valence-electron chi connectivity index (χ2n) is 13.7. The minimum Gasteiger partial charge on any atom is -0.437 e. The predicted octanol–water partition coefficient (Wildman–Crippen LogP) is 9.56. The smallest absolute Gasteiger partial charge is 0.227 e. The maximum Gasteiger partial charge on any atom is 0.227 e. The van der Waals surface area contributed by atoms with Crippen molar-refractivity contribution < 1.29 is 8.98 Å². The summed E-state index contributed by atoms with van der Waals surface area (Å²) >= 11 is 0. The number of hydrogen-bond donors (Lipinski definition) is 0. The number of hydrogen-bond acceptors (Lipinski definition) is 2. The van der Waals surface area contributed by atoms with Crippen molar-refractivity contribution in [2.75, 3.05) is 0 Å². The Kier molecular flexibility index (Phi) is 5.30. The number of nitrogens with zero attached hydrogens (tertiary/aromatic N) is 2. The fourth-order valence-electron chi connectivity index (χ4n) is 7.23. The van der Waals surface area contributed by atoms with Gasteiger partial charge in [-0.15, -0.1) is 0 Å². The van der Waals surface area contributed by atoms with E-state index < -0.39 is 0 Å². The largest absolute Gasteiger partial charge is 0.437 e. The van der Waals surface area contributed by atoms with Crippen molar-refractivity contribution in [3.8, 4) is 11.3 Å². The molecule has 0 bridgehead atoms. The van der Waals surface area contributed by atoms with Crippen LogP contribution in [-0.2, 0) is 17.9 Å². The molecule has 0 N–H and O–H groups in total. The Morgan fingerprint density at radius 1 is 0.850 bits per heavy atom. The topological polar surface area (TPSA) is 29.9 Å². The van der Waals surface area contributed by atoms with Gasteiger partial charge in [0.25, 0.3) is 0 Å². The lowest BCUT2D eigenvalue weighted by atomic mass is 9.62. The zero-order valence-electron chi connectivity index (χ0n) is 25.1. The highest BCUT2D eigenvalue weighted by molar-refractivity contribution is 6.20. The molecule has 0 aliphatic heterocycles. The third kappa shape index (κ3) is 3.49. The number of aryl methyl sites for hydroxylation is 2. The molecule has 3 heteroatoms. The molecule has 7 rings (SSSR count). The summed E-state index contributed by atoms with van der Waals surface area (Å²) in [6, 6.07) is 18.3. The van der Waals surface area contributed by atoms with Crippen LogP contribution in [0.1, 0.15) is 82.6 Å². The fraction of sp³-hybridized carbons (Fsp3) is 0.351. The van der Waals surface area contributed by atoms with E-state index in [0.717, 1.165) is 21.9 Å². The van der Waals surface area contributed by atoms with Crippen LogP contribution in [0.25, 0.3) is 54.9 Å². The average Bonchev–Trinajstić information content (AvgIpc) is 3.30. The van der Waals surface area contributed by atoms with Crippen molar-refractivity contribution in [3.05, 3.63) is 83.2 Å². The average molecular weight is 528 g/mol. The van der Waals surface area contributed by atoms with Crippen LogP contribution in [0.15, 0.2) is 65.3 Å². The third-order valence-electron chi connectivity index (χ3n) is 9.72. The summed E-state index contributed by atoms with van der Waals surface area (Å²) in [7, 11) is 2.13. The van der Waals surface area contributed by atoms with Crippen LogP contribution in [0, 0.1) is 6.92 Å². The van der Waals surface area contributed by atoms with Crippen LogP contribution in [0.2, 0.25) is 0 Å². The van der Waals surface area contributed by atoms with Crippen molar-refractivity contribution in [2.24, 2.45) is 7.05 Å². The fourth-order valence-corrected chi connectivity index (χ4v) is 7.23. The summed E-state index contributed by atoms with van der Waals surface area (Å²) < 4.78 is 8.94. The molecule has 1 aliphatic carbocycles. The van der Waals surface area contributed by atoms with E-state index in [9.17, 15) is 0 Å². The zero-order chi connectivity index (χ0) is 28.1. The van der Waals surface area contributed by atoms with E-state index in [1.54, 1.807) is 0 Å². The van der Waals surface area contributed by atoms with Gasteiger partial charge in [-0.1, -0.05) is 77.9 Å². The van der Waals surface area contributed by atoms with Crippen molar-refractivity contribution in [1.82, 2.24) is 4.98 Å². The standard InChI is InChI=1S/C37H39N2O/c1-21(2)23-10-12-25-24(19-23)15-18-39(8)33(25)30-22(3)9-11-27-31-26-13-14-29-32(37(6,7)17-16-36(29,4)5)28(26)20-38-35(31)40-34(27)30/h9-15,18-21H,16-17H2,1-8H3/q+1. The van der Waals surface area contributed by atoms with Crippen LogP contribution < -0.4 is 4.57 Å². The van der Waals surface area contributed by atoms with Crippen LogP contribution in [0.5, 0.6) is 0 Å². The number of pyridine rings is 2. The third-order valence-corrected chi connectivity index (χ3v) is 9.72. The molecule has 0 atom stereocenters. The van der Waals surface area contributed by atoms with E-state index in [0.29, 0.717) is 11.6 Å². The first-order valence-corrected chi connectivity index (χ1v) is 14.7. The molecule has 0 saturated heterocycles. The van der Waals surface area contributed by atoms with Crippen molar-refractivity contribution in [3.63, 3.8) is 0 Å². The highest BCUT2D eigenvalue weighted by atomic mass is 16.3. The van der Waals surface area contributed by atoms with Gasteiger partial charge in [0.05, 0.1) is 16.3 Å². The quantitative estimate of drug-likeness (QED) is 0.210. The van der Waals surface area contributed by atoms with E-state index in [2.05, 4.69) is 121 Å². The Balaban J connectivity index is 1.57. The van der Waals surface area contributed by atoms with Gasteiger partial charge in [0.1, 0.15) is 7.05 Å². The Hall–Kier alpha value is -3.72. The summed E-state index contributed by atoms with van der Waals surface area (Å²) in [5.41, 5.74) is 9.71. The minimum absolute atomic E-state index is 0.104. The molecule has 0 amide bonds. The maximum atomic E-state index is 6.71. The molecule has 0 saturated carbocycles. The van der Waals surface area contributed by atoms with E-state index in [-0.39, 0.29) is 10.8 Å². The molecule has 3 aromatic heterocycles. The van der Waals surface area contributed by atoms with Gasteiger partial charge in [-0.2, -0.15) is 0 Å². The van der Waals surface area contributed by atoms with E-state index in [1.807, 2.05) is 0 Å². The van der Waals surface area contributed by atoms with E-state index in [4.69, 9.17) is 9.40 Å². The SMILES string of the molecule is Cc1ccc2c(oc3ncc4c5c(ccc4c32)C(C)(C)CCC5(C)C)c1-c1c2ccc(C(C)C)cc2cc[n+]1C. The molecule has 0 radical (unpaired) electrons. The Labute approximate surface area is 236 Å². The molecule has 0 fully saturated rings. The lowest BCUT2D eigenvalue weighted by Gasteiger charge is -2.42. The van der Waals surface area contributed by atoms with Crippen LogP contribution >= 0.6 is 0 Å². The van der Waals surface area contributed by atoms with Crippen molar-refractivity contribution in [1.29, 1.82) is 0 Å². The van der Waals surface area contributed by atoms with Gasteiger partial charge in [0.2, 0.25) is 11.4 Å². The molecule has 0 spiro atoms. The lowest BCUT2D eigenvalue weighted by molar-refractivity contribution is -0.659. The van der Waals surface area contributed by atoms with Gasteiger partial charge in [-0.3, -0.25) is 0 Å². The first-order valence-electron chi connectivity index (χ1n) is 14.7. The predicted molar refractivity (Wildman–Crippen MR) is 167 cm³/mol. The number of benzene rings is 3. The van der Waals surface area contributed by atoms with E-state index >= 15 is 0 Å². The van der Waals surface area contributed by atoms with Crippen molar-refractivity contribution >= 4 is 43.6 Å². The summed E-state index contributed by atoms with van der Waals surface area (Å²) in [6.45, 7) is 16.2. The Bertz CT molecular complexity index is 2010. The first-order chi connectivity index (χ1) is 19.0. The summed E-state index contributed by atoms with van der Waals surface area (Å²) in [6.07, 6.45) is 6.62. The van der Waals surface area contributed by atoms with Crippen LogP contribution in [-0.4, -0.2) is 4.98 Å². The number of furan rings is 1. The van der Waals surface area contributed by atoms with Gasteiger partial charge >= 0.3 is 0 Å². The Morgan fingerprint density at radius 2 is 1.57 bits per heavy atom. The second kappa shape index (κ2) is 8.39. The number of aromatic nitrogens is 2. The highest BCUT2D eigenvalue weighted by Gasteiger charge is 2.38. The molecule has 202 valence electrons. The van der Waals surface area contributed by atoms with Gasteiger partial charge < -0.3 is 4.42 Å². The molecule has 40 heavy (non-hydrogen) atoms. The molecule has 3 aromatic carbocycles. The molecule has 3 nitrogen and oxygen atoms in total. The molecule has 1 aliphatic rings. The molecule has 3 heterocycles. The molecular formula is C37H39N2O+. The lowest BCUT2D eigenvalue weighted by Crippen LogP contribution is -2.34. The molecule has 6 aromatic rings. The zero-order valence-corrected chi connectivity index (χ0v) is 25.1. The van der Waals surface area contributed by atoms with Crippen LogP contribution in [0.4, 0.5) is 0 Å². The molecule has 0 unspecified atom stereocenters. The van der Waals surface area contributed by atoms with Gasteiger partial charge in [0.15, 0.2) is 11.8 Å². The molecular weight excluding hydrogens is 488 g/mol. The van der Waals surface area contributed by atoms with Gasteiger partial charge in [-0.25, -0.2) is 9.55 Å². The normalized spacial score (nSPS) is 16.4. The number of fused-ring (bicyclic) bond motifs is 8. The van der Waals surface area contributed by atoms with Gasteiger partial charge in [0, 0.05) is 23.0 Å². The highest BCUT2D eigenvalue weighted by Crippen LogP contribution is 2.50. The van der Waals surface area contributed by atoms with Crippen molar-refractivity contribution in [2.45, 2.75) is 78.1 Å². The van der Waals surface area contributed by atoms with Crippen LogP contribution in [0.3, 0.4) is 0 Å². The summed E-state index contributed by atoms with van der Waals surface area (Å²) in [5, 5.41) is 7.27. The summed E-state index contributed by atoms with van der Waals surface area (Å²) in [4.78, 5) is 4.97. The van der Waals surface area contributed by atoms with Gasteiger partial charge in [-0.05, 0) is 75.6 Å². The first kappa shape index (κ1) is 25.3. The second-order valence-corrected chi connectivity index (χ2v) is 13.7. The monoisotopic (exact) mass is 527 g/mol. The number of rotatable bonds is 2. The van der Waals surface area contributed by atoms with E-state index in [1.165, 1.54) is 62.3 Å².